The number of carbonyl (C=O) groups is 1. The average molecular weight is 256 g/mol. The molecule has 1 aromatic rings. The van der Waals surface area contributed by atoms with Crippen LogP contribution in [0.15, 0.2) is 12.1 Å². The van der Waals surface area contributed by atoms with E-state index in [4.69, 9.17) is 5.73 Å². The summed E-state index contributed by atoms with van der Waals surface area (Å²) in [5, 5.41) is 2.79. The van der Waals surface area contributed by atoms with Crippen LogP contribution in [0.25, 0.3) is 0 Å². The molecular formula is C12H17FN2OS. The van der Waals surface area contributed by atoms with Gasteiger partial charge in [0, 0.05) is 28.6 Å². The number of benzene rings is 1. The Hall–Kier alpha value is -1.23. The summed E-state index contributed by atoms with van der Waals surface area (Å²) in [6.45, 7) is 3.49. The first kappa shape index (κ1) is 13.8. The number of hydrogen-bond acceptors (Lipinski definition) is 3. The molecule has 3 N–H and O–H groups in total. The van der Waals surface area contributed by atoms with E-state index in [9.17, 15) is 9.18 Å². The zero-order valence-corrected chi connectivity index (χ0v) is 11.0. The topological polar surface area (TPSA) is 55.1 Å². The molecule has 0 aliphatic heterocycles. The molecule has 5 heteroatoms. The number of nitrogens with one attached hydrogen (secondary N) is 1. The Kier molecular flexibility index (Phi) is 4.81. The van der Waals surface area contributed by atoms with Crippen molar-refractivity contribution in [3.05, 3.63) is 29.1 Å². The predicted molar refractivity (Wildman–Crippen MR) is 70.9 cm³/mol. The minimum absolute atomic E-state index is 0.0445. The zero-order valence-electron chi connectivity index (χ0n) is 10.2. The molecule has 1 aromatic carbocycles. The van der Waals surface area contributed by atoms with Gasteiger partial charge in [-0.15, -0.1) is 0 Å². The van der Waals surface area contributed by atoms with Gasteiger partial charge in [0.15, 0.2) is 0 Å². The number of nitrogens with two attached hydrogens (primary N) is 1. The van der Waals surface area contributed by atoms with Gasteiger partial charge in [0.05, 0.1) is 0 Å². The van der Waals surface area contributed by atoms with E-state index in [0.29, 0.717) is 11.3 Å². The second-order valence-electron chi connectivity index (χ2n) is 4.00. The normalized spacial score (nSPS) is 12.2. The maximum Gasteiger partial charge on any atom is 0.251 e. The number of thioether (sulfide) groups is 1. The van der Waals surface area contributed by atoms with Gasteiger partial charge in [-0.05, 0) is 32.2 Å². The van der Waals surface area contributed by atoms with Crippen LogP contribution >= 0.6 is 11.8 Å². The first-order chi connectivity index (χ1) is 7.95. The van der Waals surface area contributed by atoms with E-state index in [1.165, 1.54) is 12.1 Å². The van der Waals surface area contributed by atoms with Crippen molar-refractivity contribution in [3.8, 4) is 0 Å². The summed E-state index contributed by atoms with van der Waals surface area (Å²) in [7, 11) is 0. The van der Waals surface area contributed by atoms with Gasteiger partial charge in [-0.2, -0.15) is 11.8 Å². The third-order valence-electron chi connectivity index (χ3n) is 2.44. The van der Waals surface area contributed by atoms with Crippen molar-refractivity contribution in [2.24, 2.45) is 0 Å². The standard InChI is InChI=1S/C12H17FN2OS/c1-7(6-17-3)15-12(16)9-4-10(13)8(2)11(14)5-9/h4-5,7H,6,14H2,1-3H3,(H,15,16). The molecule has 0 saturated carbocycles. The number of rotatable bonds is 4. The molecule has 1 atom stereocenters. The van der Waals surface area contributed by atoms with Gasteiger partial charge in [0.25, 0.3) is 5.91 Å². The molecule has 0 spiro atoms. The molecule has 0 aromatic heterocycles. The summed E-state index contributed by atoms with van der Waals surface area (Å²) in [4.78, 5) is 11.8. The van der Waals surface area contributed by atoms with Gasteiger partial charge >= 0.3 is 0 Å². The zero-order chi connectivity index (χ0) is 13.0. The molecule has 0 heterocycles. The van der Waals surface area contributed by atoms with Gasteiger partial charge in [-0.3, -0.25) is 4.79 Å². The van der Waals surface area contributed by atoms with Crippen LogP contribution in [0.3, 0.4) is 0 Å². The fourth-order valence-corrected chi connectivity index (χ4v) is 2.01. The van der Waals surface area contributed by atoms with Crippen LogP contribution in [-0.4, -0.2) is 24.0 Å². The predicted octanol–water partition coefficient (Wildman–Crippen LogP) is 2.20. The van der Waals surface area contributed by atoms with E-state index in [1.54, 1.807) is 18.7 Å². The van der Waals surface area contributed by atoms with Crippen LogP contribution in [0.2, 0.25) is 0 Å². The minimum Gasteiger partial charge on any atom is -0.398 e. The number of amides is 1. The van der Waals surface area contributed by atoms with Gasteiger partial charge in [0.2, 0.25) is 0 Å². The summed E-state index contributed by atoms with van der Waals surface area (Å²) < 4.78 is 13.4. The Morgan fingerprint density at radius 2 is 2.24 bits per heavy atom. The number of nitrogen functional groups attached to an aromatic ring is 1. The average Bonchev–Trinajstić information content (AvgIpc) is 2.25. The third-order valence-corrected chi connectivity index (χ3v) is 3.27. The summed E-state index contributed by atoms with van der Waals surface area (Å²) in [6, 6.07) is 2.76. The van der Waals surface area contributed by atoms with Gasteiger partial charge in [-0.1, -0.05) is 0 Å². The molecule has 94 valence electrons. The Bertz CT molecular complexity index is 400. The lowest BCUT2D eigenvalue weighted by atomic mass is 10.1. The largest absolute Gasteiger partial charge is 0.398 e. The maximum absolute atomic E-state index is 13.4. The van der Waals surface area contributed by atoms with E-state index in [1.807, 2.05) is 13.2 Å². The minimum atomic E-state index is -0.451. The third kappa shape index (κ3) is 3.63. The van der Waals surface area contributed by atoms with E-state index >= 15 is 0 Å². The molecule has 0 aliphatic rings. The van der Waals surface area contributed by atoms with Crippen molar-refractivity contribution in [3.63, 3.8) is 0 Å². The smallest absolute Gasteiger partial charge is 0.251 e. The molecule has 0 saturated heterocycles. The number of anilines is 1. The molecule has 1 amide bonds. The van der Waals surface area contributed by atoms with Crippen LogP contribution in [0.1, 0.15) is 22.8 Å². The fraction of sp³-hybridized carbons (Fsp3) is 0.417. The maximum atomic E-state index is 13.4. The van der Waals surface area contributed by atoms with E-state index in [-0.39, 0.29) is 17.5 Å². The summed E-state index contributed by atoms with van der Waals surface area (Å²) in [5.74, 6) is 0.0695. The van der Waals surface area contributed by atoms with Crippen LogP contribution in [0.4, 0.5) is 10.1 Å². The van der Waals surface area contributed by atoms with Gasteiger partial charge in [-0.25, -0.2) is 4.39 Å². The molecule has 17 heavy (non-hydrogen) atoms. The van der Waals surface area contributed by atoms with Gasteiger partial charge in [0.1, 0.15) is 5.82 Å². The van der Waals surface area contributed by atoms with E-state index < -0.39 is 5.82 Å². The molecule has 0 radical (unpaired) electrons. The van der Waals surface area contributed by atoms with E-state index in [2.05, 4.69) is 5.32 Å². The summed E-state index contributed by atoms with van der Waals surface area (Å²) in [6.07, 6.45) is 1.96. The second kappa shape index (κ2) is 5.91. The fourth-order valence-electron chi connectivity index (χ4n) is 1.43. The molecular weight excluding hydrogens is 239 g/mol. The molecule has 1 unspecified atom stereocenters. The SMILES string of the molecule is CSCC(C)NC(=O)c1cc(N)c(C)c(F)c1. The van der Waals surface area contributed by atoms with E-state index in [0.717, 1.165) is 5.75 Å². The first-order valence-electron chi connectivity index (χ1n) is 5.31. The highest BCUT2D eigenvalue weighted by Gasteiger charge is 2.13. The van der Waals surface area contributed by atoms with Gasteiger partial charge < -0.3 is 11.1 Å². The summed E-state index contributed by atoms with van der Waals surface area (Å²) >= 11 is 1.64. The monoisotopic (exact) mass is 256 g/mol. The van der Waals surface area contributed by atoms with Crippen LogP contribution < -0.4 is 11.1 Å². The van der Waals surface area contributed by atoms with Crippen molar-refractivity contribution < 1.29 is 9.18 Å². The van der Waals surface area contributed by atoms with Crippen LogP contribution in [0.5, 0.6) is 0 Å². The number of carbonyl (C=O) groups excluding carboxylic acids is 1. The Labute approximate surface area is 105 Å². The molecule has 0 aliphatic carbocycles. The Morgan fingerprint density at radius 1 is 1.59 bits per heavy atom. The second-order valence-corrected chi connectivity index (χ2v) is 4.91. The summed E-state index contributed by atoms with van der Waals surface area (Å²) in [5.41, 5.74) is 6.56. The highest BCUT2D eigenvalue weighted by atomic mass is 32.2. The number of hydrogen-bond donors (Lipinski definition) is 2. The highest BCUT2D eigenvalue weighted by Crippen LogP contribution is 2.17. The number of halogens is 1. The van der Waals surface area contributed by atoms with Crippen molar-refractivity contribution in [2.75, 3.05) is 17.7 Å². The molecule has 1 rings (SSSR count). The van der Waals surface area contributed by atoms with Crippen molar-refractivity contribution in [1.29, 1.82) is 0 Å². The molecule has 0 bridgehead atoms. The molecule has 3 nitrogen and oxygen atoms in total. The van der Waals surface area contributed by atoms with Crippen molar-refractivity contribution in [2.45, 2.75) is 19.9 Å². The highest BCUT2D eigenvalue weighted by molar-refractivity contribution is 7.98. The Morgan fingerprint density at radius 3 is 2.76 bits per heavy atom. The lowest BCUT2D eigenvalue weighted by Crippen LogP contribution is -2.34. The van der Waals surface area contributed by atoms with Crippen molar-refractivity contribution >= 4 is 23.4 Å². The van der Waals surface area contributed by atoms with Crippen LogP contribution in [-0.2, 0) is 0 Å². The quantitative estimate of drug-likeness (QED) is 0.812. The molecule has 0 fully saturated rings. The lowest BCUT2D eigenvalue weighted by Gasteiger charge is -2.13. The van der Waals surface area contributed by atoms with Crippen LogP contribution in [0, 0.1) is 12.7 Å². The first-order valence-corrected chi connectivity index (χ1v) is 6.70. The lowest BCUT2D eigenvalue weighted by molar-refractivity contribution is 0.0943. The Balaban J connectivity index is 2.83. The van der Waals surface area contributed by atoms with Crippen molar-refractivity contribution in [1.82, 2.24) is 5.32 Å².